The molecule has 0 spiro atoms. The van der Waals surface area contributed by atoms with E-state index in [9.17, 15) is 24.4 Å². The molecule has 6 atom stereocenters. The van der Waals surface area contributed by atoms with Crippen molar-refractivity contribution in [2.45, 2.75) is 43.9 Å². The van der Waals surface area contributed by atoms with Crippen molar-refractivity contribution in [1.29, 1.82) is 0 Å². The molecule has 0 saturated carbocycles. The fourth-order valence-corrected chi connectivity index (χ4v) is 5.01. The van der Waals surface area contributed by atoms with Crippen molar-refractivity contribution in [2.24, 2.45) is 0 Å². The first-order valence-electron chi connectivity index (χ1n) is 11.3. The number of aliphatic hydroxyl groups excluding tert-OH is 1. The molecule has 1 aliphatic heterocycles. The van der Waals surface area contributed by atoms with Crippen LogP contribution in [0.2, 0.25) is 0 Å². The Morgan fingerprint density at radius 3 is 2.68 bits per heavy atom. The van der Waals surface area contributed by atoms with Crippen LogP contribution in [0.15, 0.2) is 47.4 Å². The van der Waals surface area contributed by atoms with Gasteiger partial charge in [0, 0.05) is 13.3 Å². The molecule has 1 aliphatic rings. The first kappa shape index (κ1) is 28.7. The van der Waals surface area contributed by atoms with Crippen LogP contribution in [0.3, 0.4) is 0 Å². The number of hydrogen-bond acceptors (Lipinski definition) is 12. The van der Waals surface area contributed by atoms with E-state index in [2.05, 4.69) is 10.1 Å². The lowest BCUT2D eigenvalue weighted by atomic mass is 9.96. The summed E-state index contributed by atoms with van der Waals surface area (Å²) in [4.78, 5) is 28.2. The van der Waals surface area contributed by atoms with Crippen LogP contribution in [0.25, 0.3) is 0 Å². The Bertz CT molecular complexity index is 1160. The standard InChI is InChI=1S/C22H31N4O10P/c1-14(19(28)33-12-11-32-3)25-37(31,36-15-7-5-4-6-8-15)34-13-16-18(27)22(2,30)20(35-16)26-10-9-17(23)24-21(26)29/h4-10,14,16,18,20,27,30H,11-13H2,1-3H3,(H,25,31)(H2,23,24,29)/t14-,16?,18+,20?,22+,37-/m0/s1. The van der Waals surface area contributed by atoms with Crippen LogP contribution in [-0.2, 0) is 28.1 Å². The Hall–Kier alpha value is -2.84. The zero-order valence-electron chi connectivity index (χ0n) is 20.6. The molecule has 1 saturated heterocycles. The van der Waals surface area contributed by atoms with Gasteiger partial charge in [-0.15, -0.1) is 0 Å². The number of nitrogens with two attached hydrogens (primary N) is 1. The summed E-state index contributed by atoms with van der Waals surface area (Å²) in [6.45, 7) is 2.29. The van der Waals surface area contributed by atoms with Gasteiger partial charge in [-0.2, -0.15) is 10.1 Å². The summed E-state index contributed by atoms with van der Waals surface area (Å²) in [5, 5.41) is 24.1. The molecular formula is C22H31N4O10P. The molecule has 2 aromatic rings. The predicted octanol–water partition coefficient (Wildman–Crippen LogP) is 0.206. The van der Waals surface area contributed by atoms with Crippen LogP contribution in [0.1, 0.15) is 20.1 Å². The first-order chi connectivity index (χ1) is 17.5. The number of ether oxygens (including phenoxy) is 3. The van der Waals surface area contributed by atoms with Gasteiger partial charge in [-0.25, -0.2) is 9.36 Å². The predicted molar refractivity (Wildman–Crippen MR) is 130 cm³/mol. The fourth-order valence-electron chi connectivity index (χ4n) is 3.50. The van der Waals surface area contributed by atoms with Crippen LogP contribution in [0.5, 0.6) is 5.75 Å². The van der Waals surface area contributed by atoms with E-state index in [4.69, 9.17) is 29.0 Å². The molecule has 0 aliphatic carbocycles. The number of nitrogen functional groups attached to an aromatic ring is 1. The molecule has 1 aromatic heterocycles. The van der Waals surface area contributed by atoms with E-state index in [0.29, 0.717) is 0 Å². The number of rotatable bonds is 12. The van der Waals surface area contributed by atoms with Gasteiger partial charge in [-0.05, 0) is 32.0 Å². The minimum atomic E-state index is -4.27. The minimum absolute atomic E-state index is 0.00993. The molecule has 14 nitrogen and oxygen atoms in total. The van der Waals surface area contributed by atoms with E-state index >= 15 is 0 Å². The molecular weight excluding hydrogens is 511 g/mol. The van der Waals surface area contributed by atoms with Gasteiger partial charge in [0.05, 0.1) is 13.2 Å². The van der Waals surface area contributed by atoms with Crippen molar-refractivity contribution >= 4 is 19.5 Å². The molecule has 0 bridgehead atoms. The third-order valence-corrected chi connectivity index (χ3v) is 7.12. The molecule has 1 fully saturated rings. The van der Waals surface area contributed by atoms with Crippen LogP contribution in [0, 0.1) is 0 Å². The molecule has 37 heavy (non-hydrogen) atoms. The lowest BCUT2D eigenvalue weighted by Crippen LogP contribution is -2.46. The highest BCUT2D eigenvalue weighted by molar-refractivity contribution is 7.52. The van der Waals surface area contributed by atoms with Crippen molar-refractivity contribution in [3.05, 3.63) is 53.1 Å². The number of hydrogen-bond donors (Lipinski definition) is 4. The highest BCUT2D eigenvalue weighted by Crippen LogP contribution is 2.46. The van der Waals surface area contributed by atoms with E-state index in [1.54, 1.807) is 18.2 Å². The molecule has 2 heterocycles. The lowest BCUT2D eigenvalue weighted by molar-refractivity contribution is -0.146. The number of nitrogens with one attached hydrogen (secondary N) is 1. The van der Waals surface area contributed by atoms with Gasteiger partial charge >= 0.3 is 19.4 Å². The number of anilines is 1. The third-order valence-electron chi connectivity index (χ3n) is 5.47. The Morgan fingerprint density at radius 2 is 2.03 bits per heavy atom. The number of esters is 1. The summed E-state index contributed by atoms with van der Waals surface area (Å²) in [5.41, 5.74) is 2.76. The number of carbonyl (C=O) groups excluding carboxylic acids is 1. The van der Waals surface area contributed by atoms with Crippen molar-refractivity contribution < 1.29 is 42.8 Å². The second kappa shape index (κ2) is 12.1. The maximum atomic E-state index is 13.6. The average Bonchev–Trinajstić information content (AvgIpc) is 3.07. The molecule has 3 rings (SSSR count). The van der Waals surface area contributed by atoms with Crippen molar-refractivity contribution in [3.63, 3.8) is 0 Å². The number of nitrogens with zero attached hydrogens (tertiary/aromatic N) is 2. The summed E-state index contributed by atoms with van der Waals surface area (Å²) < 4.78 is 41.3. The SMILES string of the molecule is COCCOC(=O)[C@H](C)N[P@](=O)(OCC1OC(n2ccc(N)nc2=O)[C@](C)(O)[C@@H]1O)Oc1ccccc1. The van der Waals surface area contributed by atoms with Crippen LogP contribution in [-0.4, -0.2) is 76.5 Å². The smallest absolute Gasteiger partial charge is 0.459 e. The fraction of sp³-hybridized carbons (Fsp3) is 0.500. The molecule has 0 amide bonds. The monoisotopic (exact) mass is 542 g/mol. The highest BCUT2D eigenvalue weighted by atomic mass is 31.2. The normalized spacial score (nSPS) is 25.8. The van der Waals surface area contributed by atoms with Gasteiger partial charge in [-0.3, -0.25) is 13.9 Å². The summed E-state index contributed by atoms with van der Waals surface area (Å²) >= 11 is 0. The van der Waals surface area contributed by atoms with Crippen LogP contribution >= 0.6 is 7.75 Å². The summed E-state index contributed by atoms with van der Waals surface area (Å²) in [6, 6.07) is 8.29. The second-order valence-electron chi connectivity index (χ2n) is 8.45. The number of para-hydroxylation sites is 1. The summed E-state index contributed by atoms with van der Waals surface area (Å²) in [5.74, 6) is -0.581. The maximum absolute atomic E-state index is 13.6. The quantitative estimate of drug-likeness (QED) is 0.162. The minimum Gasteiger partial charge on any atom is -0.462 e. The first-order valence-corrected chi connectivity index (χ1v) is 12.8. The molecule has 204 valence electrons. The third kappa shape index (κ3) is 7.14. The van der Waals surface area contributed by atoms with Crippen molar-refractivity contribution in [2.75, 3.05) is 32.7 Å². The zero-order valence-corrected chi connectivity index (χ0v) is 21.4. The average molecular weight is 542 g/mol. The Balaban J connectivity index is 1.76. The van der Waals surface area contributed by atoms with Gasteiger partial charge in [0.25, 0.3) is 0 Å². The lowest BCUT2D eigenvalue weighted by Gasteiger charge is -2.27. The Morgan fingerprint density at radius 1 is 1.32 bits per heavy atom. The molecule has 2 unspecified atom stereocenters. The van der Waals surface area contributed by atoms with E-state index in [1.807, 2.05) is 0 Å². The molecule has 0 radical (unpaired) electrons. The number of benzene rings is 1. The van der Waals surface area contributed by atoms with Crippen molar-refractivity contribution in [3.8, 4) is 5.75 Å². The zero-order chi connectivity index (χ0) is 27.2. The van der Waals surface area contributed by atoms with E-state index in [-0.39, 0.29) is 24.8 Å². The van der Waals surface area contributed by atoms with E-state index in [1.165, 1.54) is 45.4 Å². The van der Waals surface area contributed by atoms with Crippen LogP contribution < -0.4 is 21.0 Å². The highest BCUT2D eigenvalue weighted by Gasteiger charge is 2.54. The second-order valence-corrected chi connectivity index (χ2v) is 10.1. The van der Waals surface area contributed by atoms with Crippen LogP contribution in [0.4, 0.5) is 5.82 Å². The Kier molecular flexibility index (Phi) is 9.42. The van der Waals surface area contributed by atoms with Gasteiger partial charge in [0.2, 0.25) is 0 Å². The number of aromatic nitrogens is 2. The largest absolute Gasteiger partial charge is 0.462 e. The number of methoxy groups -OCH3 is 1. The number of aliphatic hydroxyl groups is 2. The topological polar surface area (TPSA) is 194 Å². The van der Waals surface area contributed by atoms with Crippen molar-refractivity contribution in [1.82, 2.24) is 14.6 Å². The molecule has 1 aromatic carbocycles. The van der Waals surface area contributed by atoms with Gasteiger partial charge in [0.1, 0.15) is 42.0 Å². The summed E-state index contributed by atoms with van der Waals surface area (Å²) in [6.07, 6.45) is -2.90. The van der Waals surface area contributed by atoms with Gasteiger partial charge < -0.3 is 34.7 Å². The van der Waals surface area contributed by atoms with E-state index < -0.39 is 56.1 Å². The van der Waals surface area contributed by atoms with E-state index in [0.717, 1.165) is 4.57 Å². The van der Waals surface area contributed by atoms with Gasteiger partial charge in [0.15, 0.2) is 6.23 Å². The number of carbonyl (C=O) groups is 1. The maximum Gasteiger partial charge on any atom is 0.459 e. The van der Waals surface area contributed by atoms with Gasteiger partial charge in [-0.1, -0.05) is 18.2 Å². The molecule has 15 heteroatoms. The Labute approximate surface area is 212 Å². The summed E-state index contributed by atoms with van der Waals surface area (Å²) in [7, 11) is -2.82. The molecule has 5 N–H and O–H groups in total.